The Hall–Kier alpha value is -0.0400. The second kappa shape index (κ2) is 5.96. The molecule has 7 heavy (non-hydrogen) atoms. The fourth-order valence-electron chi connectivity index (χ4n) is 0.510. The molecule has 1 heterocycles. The average molecular weight is 106 g/mol. The Bertz CT molecular complexity index is 22.6. The first kappa shape index (κ1) is 5.10. The maximum absolute atomic E-state index is 5.75. The zero-order valence-electron chi connectivity index (χ0n) is 7.24. The fraction of sp³-hybridized carbons (Fsp3) is 1.00. The van der Waals surface area contributed by atoms with Gasteiger partial charge in [0.25, 0.3) is 0 Å². The number of hydrogen-bond acceptors (Lipinski definition) is 1. The van der Waals surface area contributed by atoms with Crippen LogP contribution in [0.4, 0.5) is 0 Å². The number of rotatable bonds is 0. The normalized spacial score (nSPS) is 19.1. The summed E-state index contributed by atoms with van der Waals surface area (Å²) in [5, 5.41) is 0. The van der Waals surface area contributed by atoms with Crippen molar-refractivity contribution in [1.82, 2.24) is 0 Å². The van der Waals surface area contributed by atoms with Gasteiger partial charge in [0.1, 0.15) is 0 Å². The van der Waals surface area contributed by atoms with E-state index < -0.39 is 0 Å². The van der Waals surface area contributed by atoms with Crippen LogP contribution >= 0.6 is 0 Å². The molecule has 0 aromatic rings. The summed E-state index contributed by atoms with van der Waals surface area (Å²) in [6.45, 7) is 2.00. The molecule has 0 bridgehead atoms. The lowest BCUT2D eigenvalue weighted by molar-refractivity contribution is 0.198. The van der Waals surface area contributed by atoms with Gasteiger partial charge in [-0.15, -0.1) is 0 Å². The highest BCUT2D eigenvalue weighted by Crippen LogP contribution is 1.98. The van der Waals surface area contributed by atoms with Gasteiger partial charge in [-0.3, -0.25) is 0 Å². The van der Waals surface area contributed by atoms with E-state index >= 15 is 0 Å². The number of hydrogen-bond donors (Lipinski definition) is 0. The summed E-state index contributed by atoms with van der Waals surface area (Å²) >= 11 is 0. The lowest BCUT2D eigenvalue weighted by Gasteiger charge is -1.76. The molecule has 1 rings (SSSR count). The molecule has 1 aliphatic rings. The van der Waals surface area contributed by atoms with Gasteiger partial charge in [0.2, 0.25) is 0 Å². The van der Waals surface area contributed by atoms with E-state index in [0.717, 1.165) is 13.2 Å². The van der Waals surface area contributed by atoms with Crippen LogP contribution in [0.2, 0.25) is 0 Å². The molecule has 0 N–H and O–H groups in total. The first-order valence-electron chi connectivity index (χ1n) is 4.08. The molecule has 0 atom stereocenters. The van der Waals surface area contributed by atoms with E-state index in [0.29, 0.717) is 0 Å². The van der Waals surface area contributed by atoms with Crippen molar-refractivity contribution in [2.24, 2.45) is 0 Å². The summed E-state index contributed by atoms with van der Waals surface area (Å²) in [4.78, 5) is 0. The first-order valence-corrected chi connectivity index (χ1v) is 2.08. The Morgan fingerprint density at radius 3 is 1.71 bits per heavy atom. The van der Waals surface area contributed by atoms with E-state index in [1.807, 2.05) is 0 Å². The van der Waals surface area contributed by atoms with Crippen LogP contribution in [0.1, 0.15) is 30.4 Å². The monoisotopic (exact) mass is 106 g/mol. The highest BCUT2D eigenvalue weighted by atomic mass is 16.5. The Kier molecular flexibility index (Phi) is 4.35. The van der Waals surface area contributed by atoms with Gasteiger partial charge in [0.05, 0.1) is 0 Å². The van der Waals surface area contributed by atoms with Crippen molar-refractivity contribution in [1.29, 1.82) is 0 Å². The average Bonchev–Trinajstić information content (AvgIpc) is 2.51. The van der Waals surface area contributed by atoms with E-state index in [1.54, 1.807) is 0 Å². The topological polar surface area (TPSA) is 9.23 Å². The largest absolute Gasteiger partial charge is 0.381 e. The van der Waals surface area contributed by atoms with E-state index in [1.165, 1.54) is 27.6 Å². The van der Waals surface area contributed by atoms with Crippen molar-refractivity contribution >= 4 is 0 Å². The standard InChI is InChI=1S/C4H8O.2CH4/c1-2-4-5-3-1;;/h1-4H2;2*1H4/i;2*1D. The third kappa shape index (κ3) is 3.80. The van der Waals surface area contributed by atoms with Gasteiger partial charge in [-0.05, 0) is 12.8 Å². The second-order valence-electron chi connectivity index (χ2n) is 1.32. The summed E-state index contributed by atoms with van der Waals surface area (Å²) < 4.78 is 16.4. The lowest BCUT2D eigenvalue weighted by atomic mass is 10.4. The van der Waals surface area contributed by atoms with Crippen LogP contribution < -0.4 is 0 Å². The summed E-state index contributed by atoms with van der Waals surface area (Å²) in [7, 11) is 2.50. The molecule has 0 amide bonds. The molecule has 1 aliphatic heterocycles. The van der Waals surface area contributed by atoms with Gasteiger partial charge in [-0.1, -0.05) is 14.8 Å². The predicted octanol–water partition coefficient (Wildman–Crippen LogP) is 2.07. The van der Waals surface area contributed by atoms with Crippen molar-refractivity contribution < 1.29 is 7.48 Å². The van der Waals surface area contributed by atoms with Gasteiger partial charge in [0.15, 0.2) is 0 Å². The Balaban J connectivity index is 0. The molecule has 0 unspecified atom stereocenters. The van der Waals surface area contributed by atoms with Gasteiger partial charge >= 0.3 is 0 Å². The zero-order valence-corrected chi connectivity index (χ0v) is 5.24. The minimum Gasteiger partial charge on any atom is -0.381 e. The van der Waals surface area contributed by atoms with Crippen LogP contribution in [0.25, 0.3) is 0 Å². The summed E-state index contributed by atoms with van der Waals surface area (Å²) in [5.41, 5.74) is 0. The maximum Gasteiger partial charge on any atom is 0.0466 e. The summed E-state index contributed by atoms with van der Waals surface area (Å²) in [6.07, 6.45) is 2.56. The molecule has 0 aromatic carbocycles. The van der Waals surface area contributed by atoms with Crippen molar-refractivity contribution in [2.75, 3.05) is 13.2 Å². The van der Waals surface area contributed by atoms with Gasteiger partial charge < -0.3 is 4.74 Å². The third-order valence-corrected chi connectivity index (χ3v) is 0.827. The van der Waals surface area contributed by atoms with E-state index in [4.69, 9.17) is 7.48 Å². The molecule has 0 spiro atoms. The van der Waals surface area contributed by atoms with Crippen molar-refractivity contribution in [3.8, 4) is 0 Å². The fourth-order valence-corrected chi connectivity index (χ4v) is 0.510. The molecular weight excluding hydrogens is 88.1 g/mol. The van der Waals surface area contributed by atoms with E-state index in [9.17, 15) is 0 Å². The number of ether oxygens (including phenoxy) is 1. The smallest absolute Gasteiger partial charge is 0.0466 e. The van der Waals surface area contributed by atoms with Crippen LogP contribution in [0.15, 0.2) is 0 Å². The van der Waals surface area contributed by atoms with Gasteiger partial charge in [-0.2, -0.15) is 0 Å². The van der Waals surface area contributed by atoms with Crippen molar-refractivity contribution in [3.63, 3.8) is 0 Å². The maximum atomic E-state index is 5.75. The second-order valence-corrected chi connectivity index (χ2v) is 1.32. The van der Waals surface area contributed by atoms with E-state index in [-0.39, 0.29) is 0 Å². The molecule has 46 valence electrons. The van der Waals surface area contributed by atoms with Crippen LogP contribution in [0.3, 0.4) is 0 Å². The van der Waals surface area contributed by atoms with Gasteiger partial charge in [0, 0.05) is 16.0 Å². The Labute approximate surface area is 49.5 Å². The molecule has 0 radical (unpaired) electrons. The SMILES string of the molecule is C1CCOC1.[2H]C.[2H]C. The first-order chi connectivity index (χ1) is 4.50. The quantitative estimate of drug-likeness (QED) is 0.459. The highest BCUT2D eigenvalue weighted by Gasteiger charge is 1.94. The van der Waals surface area contributed by atoms with E-state index in [2.05, 4.69) is 0 Å². The van der Waals surface area contributed by atoms with Crippen LogP contribution in [0.5, 0.6) is 0 Å². The van der Waals surface area contributed by atoms with Crippen molar-refractivity contribution in [3.05, 3.63) is 0 Å². The van der Waals surface area contributed by atoms with Gasteiger partial charge in [-0.25, -0.2) is 0 Å². The Morgan fingerprint density at radius 1 is 1.14 bits per heavy atom. The third-order valence-electron chi connectivity index (χ3n) is 0.827. The van der Waals surface area contributed by atoms with Crippen LogP contribution in [-0.2, 0) is 4.74 Å². The molecule has 1 nitrogen and oxygen atoms in total. The minimum absolute atomic E-state index is 1.00. The molecule has 0 saturated carbocycles. The molecular formula is C6H16O. The van der Waals surface area contributed by atoms with Crippen LogP contribution in [-0.4, -0.2) is 13.2 Å². The zero-order chi connectivity index (χ0) is 7.54. The molecule has 0 aliphatic carbocycles. The molecule has 1 heteroatoms. The van der Waals surface area contributed by atoms with Crippen molar-refractivity contribution in [2.45, 2.75) is 27.6 Å². The summed E-state index contributed by atoms with van der Waals surface area (Å²) in [6, 6.07) is 0. The van der Waals surface area contributed by atoms with Crippen LogP contribution in [0, 0.1) is 0 Å². The summed E-state index contributed by atoms with van der Waals surface area (Å²) in [5.74, 6) is 0. The Morgan fingerprint density at radius 2 is 1.57 bits per heavy atom. The predicted molar refractivity (Wildman–Crippen MR) is 33.5 cm³/mol. The molecule has 1 fully saturated rings. The highest BCUT2D eigenvalue weighted by molar-refractivity contribution is 4.43. The molecule has 0 aromatic heterocycles. The molecule has 1 saturated heterocycles. The minimum atomic E-state index is 1.00. The lowest BCUT2D eigenvalue weighted by Crippen LogP contribution is -1.74.